The Hall–Kier alpha value is -0.835. The molecule has 1 aliphatic heterocycles. The predicted octanol–water partition coefficient (Wildman–Crippen LogP) is 0.945. The fourth-order valence-corrected chi connectivity index (χ4v) is 2.14. The average molecular weight is 303 g/mol. The van der Waals surface area contributed by atoms with E-state index >= 15 is 0 Å². The van der Waals surface area contributed by atoms with Crippen molar-refractivity contribution in [2.75, 3.05) is 19.7 Å². The van der Waals surface area contributed by atoms with Crippen LogP contribution in [0.3, 0.4) is 0 Å². The SMILES string of the molecule is [B]C(=O)N1CCC[C@@](F)(COS(=O)(=O)C(F)(F)F)C1. The second kappa shape index (κ2) is 5.27. The molecule has 0 spiro atoms. The maximum atomic E-state index is 14.1. The molecule has 0 aromatic heterocycles. The lowest BCUT2D eigenvalue weighted by molar-refractivity contribution is -0.0598. The molecule has 1 rings (SSSR count). The fraction of sp³-hybridized carbons (Fsp3) is 0.875. The quantitative estimate of drug-likeness (QED) is 0.337. The second-order valence-electron chi connectivity index (χ2n) is 4.18. The monoisotopic (exact) mass is 303 g/mol. The Morgan fingerprint density at radius 2 is 2.00 bits per heavy atom. The van der Waals surface area contributed by atoms with Gasteiger partial charge in [-0.2, -0.15) is 21.6 Å². The molecule has 1 heterocycles. The third-order valence-electron chi connectivity index (χ3n) is 2.59. The summed E-state index contributed by atoms with van der Waals surface area (Å²) in [4.78, 5) is 11.7. The van der Waals surface area contributed by atoms with Crippen molar-refractivity contribution in [1.82, 2.24) is 4.90 Å². The van der Waals surface area contributed by atoms with E-state index < -0.39 is 40.3 Å². The number of alkyl halides is 4. The molecule has 0 saturated carbocycles. The van der Waals surface area contributed by atoms with E-state index in [0.29, 0.717) is 0 Å². The molecule has 5 nitrogen and oxygen atoms in total. The molecule has 0 aromatic carbocycles. The van der Waals surface area contributed by atoms with Gasteiger partial charge in [0.1, 0.15) is 6.61 Å². The van der Waals surface area contributed by atoms with Crippen molar-refractivity contribution in [3.8, 4) is 0 Å². The van der Waals surface area contributed by atoms with Crippen LogP contribution in [0.25, 0.3) is 0 Å². The minimum atomic E-state index is -5.85. The molecule has 0 aliphatic carbocycles. The topological polar surface area (TPSA) is 63.7 Å². The first-order chi connectivity index (χ1) is 8.47. The van der Waals surface area contributed by atoms with Gasteiger partial charge in [0, 0.05) is 6.54 Å². The van der Waals surface area contributed by atoms with Crippen molar-refractivity contribution in [3.63, 3.8) is 0 Å². The van der Waals surface area contributed by atoms with E-state index in [2.05, 4.69) is 4.18 Å². The van der Waals surface area contributed by atoms with Crippen molar-refractivity contribution in [2.45, 2.75) is 24.0 Å². The lowest BCUT2D eigenvalue weighted by Crippen LogP contribution is -2.50. The van der Waals surface area contributed by atoms with Crippen molar-refractivity contribution in [3.05, 3.63) is 0 Å². The Labute approximate surface area is 108 Å². The van der Waals surface area contributed by atoms with Crippen molar-refractivity contribution < 1.29 is 35.0 Å². The predicted molar refractivity (Wildman–Crippen MR) is 56.7 cm³/mol. The van der Waals surface area contributed by atoms with Crippen molar-refractivity contribution >= 4 is 23.8 Å². The van der Waals surface area contributed by atoms with Gasteiger partial charge in [-0.1, -0.05) is 0 Å². The number of halogens is 4. The van der Waals surface area contributed by atoms with Crippen LogP contribution in [0.5, 0.6) is 0 Å². The average Bonchev–Trinajstić information content (AvgIpc) is 2.25. The van der Waals surface area contributed by atoms with Crippen LogP contribution in [0.4, 0.5) is 22.4 Å². The smallest absolute Gasteiger partial charge is 0.349 e. The van der Waals surface area contributed by atoms with Gasteiger partial charge >= 0.3 is 15.6 Å². The van der Waals surface area contributed by atoms with Gasteiger partial charge in [-0.25, -0.2) is 4.39 Å². The normalized spacial score (nSPS) is 25.4. The van der Waals surface area contributed by atoms with Crippen LogP contribution >= 0.6 is 0 Å². The number of amides is 1. The zero-order chi connectivity index (χ0) is 14.9. The Bertz CT molecular complexity index is 454. The molecule has 0 N–H and O–H groups in total. The van der Waals surface area contributed by atoms with Gasteiger partial charge in [0.25, 0.3) is 0 Å². The summed E-state index contributed by atoms with van der Waals surface area (Å²) in [5.74, 6) is -0.930. The first kappa shape index (κ1) is 16.2. The Balaban J connectivity index is 2.69. The Kier molecular flexibility index (Phi) is 4.50. The number of piperidine rings is 1. The molecule has 1 saturated heterocycles. The van der Waals surface area contributed by atoms with E-state index in [0.717, 1.165) is 4.90 Å². The molecule has 1 aliphatic rings. The van der Waals surface area contributed by atoms with Crippen LogP contribution < -0.4 is 0 Å². The van der Waals surface area contributed by atoms with E-state index in [1.54, 1.807) is 0 Å². The van der Waals surface area contributed by atoms with E-state index in [1.807, 2.05) is 0 Å². The molecule has 19 heavy (non-hydrogen) atoms. The van der Waals surface area contributed by atoms with Gasteiger partial charge in [0.15, 0.2) is 11.5 Å². The van der Waals surface area contributed by atoms with Crippen LogP contribution in [-0.2, 0) is 14.3 Å². The number of carbonyl (C=O) groups excluding carboxylic acids is 1. The summed E-state index contributed by atoms with van der Waals surface area (Å²) >= 11 is 0. The summed E-state index contributed by atoms with van der Waals surface area (Å²) in [6.07, 6.45) is -0.0704. The van der Waals surface area contributed by atoms with Crippen LogP contribution in [0.1, 0.15) is 12.8 Å². The third-order valence-corrected chi connectivity index (χ3v) is 3.59. The highest BCUT2D eigenvalue weighted by molar-refractivity contribution is 7.87. The van der Waals surface area contributed by atoms with Crippen molar-refractivity contribution in [2.24, 2.45) is 0 Å². The Morgan fingerprint density at radius 1 is 1.42 bits per heavy atom. The molecule has 0 unspecified atom stereocenters. The molecular weight excluding hydrogens is 293 g/mol. The molecule has 108 valence electrons. The lowest BCUT2D eigenvalue weighted by atomic mass is 9.93. The number of nitrogens with zero attached hydrogens (tertiary/aromatic N) is 1. The highest BCUT2D eigenvalue weighted by atomic mass is 32.2. The largest absolute Gasteiger partial charge is 0.523 e. The lowest BCUT2D eigenvalue weighted by Gasteiger charge is -2.36. The molecular formula is C8H10BF4NO4S. The zero-order valence-electron chi connectivity index (χ0n) is 9.61. The van der Waals surface area contributed by atoms with Gasteiger partial charge < -0.3 is 4.90 Å². The van der Waals surface area contributed by atoms with E-state index in [9.17, 15) is 30.8 Å². The summed E-state index contributed by atoms with van der Waals surface area (Å²) in [6.45, 7) is -1.75. The molecule has 2 radical (unpaired) electrons. The molecule has 0 bridgehead atoms. The van der Waals surface area contributed by atoms with Crippen LogP contribution in [-0.4, -0.2) is 57.8 Å². The van der Waals surface area contributed by atoms with E-state index in [1.165, 1.54) is 0 Å². The highest BCUT2D eigenvalue weighted by Crippen LogP contribution is 2.30. The first-order valence-corrected chi connectivity index (χ1v) is 6.57. The Morgan fingerprint density at radius 3 is 2.47 bits per heavy atom. The minimum Gasteiger partial charge on any atom is -0.349 e. The number of likely N-dealkylation sites (tertiary alicyclic amines) is 1. The summed E-state index contributed by atoms with van der Waals surface area (Å²) < 4.78 is 75.0. The molecule has 0 aromatic rings. The summed E-state index contributed by atoms with van der Waals surface area (Å²) in [7, 11) is -0.927. The molecule has 11 heteroatoms. The van der Waals surface area contributed by atoms with Gasteiger partial charge in [0.05, 0.1) is 6.54 Å². The molecule has 1 fully saturated rings. The number of carbonyl (C=O) groups is 1. The van der Waals surface area contributed by atoms with Gasteiger partial charge in [-0.3, -0.25) is 8.98 Å². The highest BCUT2D eigenvalue weighted by Gasteiger charge is 2.49. The fourth-order valence-electron chi connectivity index (χ4n) is 1.64. The summed E-state index contributed by atoms with van der Waals surface area (Å²) in [6, 6.07) is 0. The first-order valence-electron chi connectivity index (χ1n) is 5.16. The standard InChI is InChI=1S/C8H10BF4NO4S/c9-6(15)14-3-1-2-7(10,4-14)5-18-19(16,17)8(11,12)13/h1-5H2/t7-/m0/s1. The van der Waals surface area contributed by atoms with Gasteiger partial charge in [-0.15, -0.1) is 0 Å². The van der Waals surface area contributed by atoms with Crippen molar-refractivity contribution in [1.29, 1.82) is 0 Å². The number of hydrogen-bond acceptors (Lipinski definition) is 4. The zero-order valence-corrected chi connectivity index (χ0v) is 10.4. The maximum Gasteiger partial charge on any atom is 0.523 e. The molecule has 1 amide bonds. The summed E-state index contributed by atoms with van der Waals surface area (Å²) in [5.41, 5.74) is -7.98. The molecule has 1 atom stereocenters. The van der Waals surface area contributed by atoms with E-state index in [4.69, 9.17) is 7.85 Å². The number of rotatable bonds is 3. The number of hydrogen-bond donors (Lipinski definition) is 0. The van der Waals surface area contributed by atoms with Crippen LogP contribution in [0, 0.1) is 0 Å². The third kappa shape index (κ3) is 4.06. The van der Waals surface area contributed by atoms with E-state index in [-0.39, 0.29) is 19.4 Å². The second-order valence-corrected chi connectivity index (χ2v) is 5.78. The minimum absolute atomic E-state index is 0.148. The van der Waals surface area contributed by atoms with Gasteiger partial charge in [-0.05, 0) is 12.8 Å². The summed E-state index contributed by atoms with van der Waals surface area (Å²) in [5, 5.41) is 0. The maximum absolute atomic E-state index is 14.1. The van der Waals surface area contributed by atoms with Crippen LogP contribution in [0.2, 0.25) is 0 Å². The van der Waals surface area contributed by atoms with Crippen LogP contribution in [0.15, 0.2) is 0 Å². The van der Waals surface area contributed by atoms with Gasteiger partial charge in [0.2, 0.25) is 7.85 Å².